The third-order valence-electron chi connectivity index (χ3n) is 5.63. The van der Waals surface area contributed by atoms with Crippen molar-refractivity contribution in [3.8, 4) is 5.75 Å². The predicted molar refractivity (Wildman–Crippen MR) is 78.0 cm³/mol. The summed E-state index contributed by atoms with van der Waals surface area (Å²) in [4.78, 5) is 0. The summed E-state index contributed by atoms with van der Waals surface area (Å²) in [6.07, 6.45) is 13.3. The molecule has 0 saturated heterocycles. The van der Waals surface area contributed by atoms with Crippen LogP contribution in [-0.2, 0) is 0 Å². The number of rotatable bonds is 0. The summed E-state index contributed by atoms with van der Waals surface area (Å²) in [7, 11) is 0. The van der Waals surface area contributed by atoms with Crippen molar-refractivity contribution in [1.29, 1.82) is 0 Å². The normalized spacial score (nSPS) is 38.7. The van der Waals surface area contributed by atoms with Crippen LogP contribution in [0, 0.1) is 17.3 Å². The van der Waals surface area contributed by atoms with Gasteiger partial charge in [0, 0.05) is 0 Å². The van der Waals surface area contributed by atoms with Crippen LogP contribution in [0.1, 0.15) is 43.2 Å². The first-order chi connectivity index (χ1) is 9.17. The first kappa shape index (κ1) is 11.3. The molecule has 3 aliphatic rings. The van der Waals surface area contributed by atoms with Crippen LogP contribution in [0.4, 0.5) is 0 Å². The highest BCUT2D eigenvalue weighted by Crippen LogP contribution is 2.57. The zero-order chi connectivity index (χ0) is 13.0. The molecule has 19 heavy (non-hydrogen) atoms. The van der Waals surface area contributed by atoms with Crippen LogP contribution in [0.3, 0.4) is 0 Å². The van der Waals surface area contributed by atoms with E-state index < -0.39 is 0 Å². The van der Waals surface area contributed by atoms with Crippen molar-refractivity contribution in [2.75, 3.05) is 0 Å². The molecule has 1 N–H and O–H groups in total. The van der Waals surface area contributed by atoms with Crippen molar-refractivity contribution >= 4 is 6.08 Å². The number of phenolic OH excluding ortho intramolecular Hbond substituents is 1. The molecular formula is C18H20O. The van der Waals surface area contributed by atoms with Gasteiger partial charge in [-0.05, 0) is 65.7 Å². The Hall–Kier alpha value is -1.50. The molecular weight excluding hydrogens is 232 g/mol. The minimum Gasteiger partial charge on any atom is -0.508 e. The van der Waals surface area contributed by atoms with Gasteiger partial charge in [-0.25, -0.2) is 0 Å². The van der Waals surface area contributed by atoms with Gasteiger partial charge in [0.2, 0.25) is 0 Å². The van der Waals surface area contributed by atoms with Crippen LogP contribution in [0.2, 0.25) is 0 Å². The predicted octanol–water partition coefficient (Wildman–Crippen LogP) is 4.50. The van der Waals surface area contributed by atoms with Crippen LogP contribution in [0.5, 0.6) is 5.75 Å². The van der Waals surface area contributed by atoms with Gasteiger partial charge in [-0.15, -0.1) is 0 Å². The number of fused-ring (bicyclic) bond motifs is 5. The van der Waals surface area contributed by atoms with E-state index >= 15 is 0 Å². The molecule has 0 amide bonds. The van der Waals surface area contributed by atoms with E-state index in [4.69, 9.17) is 0 Å². The zero-order valence-corrected chi connectivity index (χ0v) is 11.3. The summed E-state index contributed by atoms with van der Waals surface area (Å²) in [6, 6.07) is 5.88. The van der Waals surface area contributed by atoms with Crippen molar-refractivity contribution in [2.24, 2.45) is 17.3 Å². The van der Waals surface area contributed by atoms with E-state index in [1.165, 1.54) is 30.4 Å². The Morgan fingerprint density at radius 3 is 3.11 bits per heavy atom. The SMILES string of the molecule is CC12C=CCC1C1C=Cc3cc(O)ccc3C1CC2. The molecule has 1 nitrogen and oxygen atoms in total. The van der Waals surface area contributed by atoms with Gasteiger partial charge >= 0.3 is 0 Å². The molecule has 4 atom stereocenters. The maximum Gasteiger partial charge on any atom is 0.116 e. The molecule has 1 saturated carbocycles. The minimum absolute atomic E-state index is 0.380. The minimum atomic E-state index is 0.380. The van der Waals surface area contributed by atoms with Crippen molar-refractivity contribution in [1.82, 2.24) is 0 Å². The highest BCUT2D eigenvalue weighted by atomic mass is 16.3. The van der Waals surface area contributed by atoms with Gasteiger partial charge < -0.3 is 5.11 Å². The van der Waals surface area contributed by atoms with Gasteiger partial charge in [-0.1, -0.05) is 37.3 Å². The van der Waals surface area contributed by atoms with Gasteiger partial charge in [0.25, 0.3) is 0 Å². The summed E-state index contributed by atoms with van der Waals surface area (Å²) in [5.41, 5.74) is 3.08. The Labute approximate surface area is 114 Å². The Balaban J connectivity index is 1.77. The second kappa shape index (κ2) is 3.75. The van der Waals surface area contributed by atoms with Gasteiger partial charge in [-0.3, -0.25) is 0 Å². The summed E-state index contributed by atoms with van der Waals surface area (Å²) in [6.45, 7) is 2.43. The lowest BCUT2D eigenvalue weighted by Crippen LogP contribution is -2.37. The maximum absolute atomic E-state index is 9.63. The summed E-state index contributed by atoms with van der Waals surface area (Å²) in [5, 5.41) is 9.63. The van der Waals surface area contributed by atoms with Crippen LogP contribution in [0.15, 0.2) is 36.4 Å². The number of allylic oxidation sites excluding steroid dienone is 3. The van der Waals surface area contributed by atoms with E-state index in [1.807, 2.05) is 12.1 Å². The topological polar surface area (TPSA) is 20.2 Å². The van der Waals surface area contributed by atoms with E-state index in [1.54, 1.807) is 0 Å². The molecule has 0 spiro atoms. The van der Waals surface area contributed by atoms with Crippen molar-refractivity contribution in [2.45, 2.75) is 32.1 Å². The van der Waals surface area contributed by atoms with Crippen LogP contribution < -0.4 is 0 Å². The lowest BCUT2D eigenvalue weighted by Gasteiger charge is -2.47. The van der Waals surface area contributed by atoms with Crippen LogP contribution >= 0.6 is 0 Å². The van der Waals surface area contributed by atoms with Gasteiger partial charge in [0.1, 0.15) is 5.75 Å². The number of hydrogen-bond donors (Lipinski definition) is 1. The molecule has 1 aromatic rings. The van der Waals surface area contributed by atoms with Crippen LogP contribution in [-0.4, -0.2) is 5.11 Å². The average Bonchev–Trinajstić information content (AvgIpc) is 2.79. The molecule has 0 aromatic heterocycles. The third kappa shape index (κ3) is 1.54. The average molecular weight is 252 g/mol. The van der Waals surface area contributed by atoms with E-state index in [2.05, 4.69) is 37.3 Å². The fourth-order valence-electron chi connectivity index (χ4n) is 4.57. The van der Waals surface area contributed by atoms with E-state index in [-0.39, 0.29) is 0 Å². The quantitative estimate of drug-likeness (QED) is 0.674. The molecule has 0 bridgehead atoms. The molecule has 0 heterocycles. The second-order valence-corrected chi connectivity index (χ2v) is 6.65. The number of hydrogen-bond acceptors (Lipinski definition) is 1. The fourth-order valence-corrected chi connectivity index (χ4v) is 4.57. The zero-order valence-electron chi connectivity index (χ0n) is 11.3. The molecule has 4 unspecified atom stereocenters. The third-order valence-corrected chi connectivity index (χ3v) is 5.63. The van der Waals surface area contributed by atoms with Crippen molar-refractivity contribution < 1.29 is 5.11 Å². The summed E-state index contributed by atoms with van der Waals surface area (Å²) >= 11 is 0. The Morgan fingerprint density at radius 2 is 2.21 bits per heavy atom. The molecule has 1 heteroatoms. The Kier molecular flexibility index (Phi) is 2.24. The molecule has 0 aliphatic heterocycles. The fraction of sp³-hybridized carbons (Fsp3) is 0.444. The molecule has 1 fully saturated rings. The molecule has 0 radical (unpaired) electrons. The first-order valence-corrected chi connectivity index (χ1v) is 7.36. The van der Waals surface area contributed by atoms with Crippen molar-refractivity contribution in [3.05, 3.63) is 47.6 Å². The van der Waals surface area contributed by atoms with Gasteiger partial charge in [-0.2, -0.15) is 0 Å². The maximum atomic E-state index is 9.63. The van der Waals surface area contributed by atoms with Gasteiger partial charge in [0.05, 0.1) is 0 Å². The number of phenols is 1. The highest BCUT2D eigenvalue weighted by molar-refractivity contribution is 5.61. The molecule has 4 rings (SSSR count). The Morgan fingerprint density at radius 1 is 1.32 bits per heavy atom. The van der Waals surface area contributed by atoms with Gasteiger partial charge in [0.15, 0.2) is 0 Å². The Bertz CT molecular complexity index is 583. The van der Waals surface area contributed by atoms with E-state index in [0.29, 0.717) is 23.0 Å². The lowest BCUT2D eigenvalue weighted by molar-refractivity contribution is 0.123. The lowest BCUT2D eigenvalue weighted by atomic mass is 9.57. The monoisotopic (exact) mass is 252 g/mol. The van der Waals surface area contributed by atoms with Crippen molar-refractivity contribution in [3.63, 3.8) is 0 Å². The molecule has 1 aromatic carbocycles. The highest BCUT2D eigenvalue weighted by Gasteiger charge is 2.47. The number of benzene rings is 1. The largest absolute Gasteiger partial charge is 0.508 e. The van der Waals surface area contributed by atoms with Crippen LogP contribution in [0.25, 0.3) is 6.08 Å². The summed E-state index contributed by atoms with van der Waals surface area (Å²) < 4.78 is 0. The first-order valence-electron chi connectivity index (χ1n) is 7.36. The molecule has 3 aliphatic carbocycles. The standard InChI is InChI=1S/C18H20O/c1-18-9-2-3-17(18)16-6-4-12-11-13(19)5-7-14(12)15(16)8-10-18/h2,4-7,9,11,15-17,19H,3,8,10H2,1H3. The van der Waals surface area contributed by atoms with E-state index in [0.717, 1.165) is 5.92 Å². The second-order valence-electron chi connectivity index (χ2n) is 6.65. The van der Waals surface area contributed by atoms with E-state index in [9.17, 15) is 5.11 Å². The smallest absolute Gasteiger partial charge is 0.116 e. The summed E-state index contributed by atoms with van der Waals surface area (Å²) in [5.74, 6) is 2.47. The molecule has 98 valence electrons. The number of aromatic hydroxyl groups is 1.